The van der Waals surface area contributed by atoms with Gasteiger partial charge >= 0.3 is 32.9 Å². The number of aliphatic carboxylic acids is 1. The number of ether oxygens (including phenoxy) is 1. The molecular formula is C37H50N6O17S2. The normalized spacial score (nSPS) is 16.5. The molecule has 6 atom stereocenters. The summed E-state index contributed by atoms with van der Waals surface area (Å²) in [5.74, 6) is -6.05. The molecule has 0 spiro atoms. The van der Waals surface area contributed by atoms with Crippen LogP contribution < -0.4 is 27.0 Å². The summed E-state index contributed by atoms with van der Waals surface area (Å²) < 4.78 is 75.3. The van der Waals surface area contributed by atoms with Crippen molar-refractivity contribution in [3.05, 3.63) is 71.8 Å². The maximum atomic E-state index is 14.1. The lowest BCUT2D eigenvalue weighted by Gasteiger charge is -2.30. The Labute approximate surface area is 357 Å². The Balaban J connectivity index is 1.83. The van der Waals surface area contributed by atoms with Gasteiger partial charge in [0.1, 0.15) is 42.9 Å². The lowest BCUT2D eigenvalue weighted by Crippen LogP contribution is -2.59. The molecule has 25 heteroatoms. The number of hydrogen-bond donors (Lipinski definition) is 8. The van der Waals surface area contributed by atoms with E-state index < -0.39 is 118 Å². The monoisotopic (exact) mass is 914 g/mol. The maximum absolute atomic E-state index is 14.1. The molecule has 1 heterocycles. The summed E-state index contributed by atoms with van der Waals surface area (Å²) in [6.07, 6.45) is -3.85. The number of carboxylic acid groups (broad SMARTS) is 1. The first kappa shape index (κ1) is 50.6. The third kappa shape index (κ3) is 18.1. The quantitative estimate of drug-likeness (QED) is 0.0587. The second kappa shape index (κ2) is 23.5. The van der Waals surface area contributed by atoms with E-state index in [0.29, 0.717) is 17.5 Å². The molecule has 0 bridgehead atoms. The molecule has 0 radical (unpaired) electrons. The van der Waals surface area contributed by atoms with E-state index in [0.717, 1.165) is 0 Å². The van der Waals surface area contributed by atoms with Crippen LogP contribution in [0, 0.1) is 5.92 Å². The van der Waals surface area contributed by atoms with Crippen LogP contribution in [0.3, 0.4) is 0 Å². The Kier molecular flexibility index (Phi) is 19.2. The first-order valence-corrected chi connectivity index (χ1v) is 21.8. The van der Waals surface area contributed by atoms with Crippen molar-refractivity contribution in [1.82, 2.24) is 26.2 Å². The minimum Gasteiger partial charge on any atom is -0.481 e. The zero-order chi connectivity index (χ0) is 46.2. The number of nitrogens with two attached hydrogens (primary N) is 1. The molecule has 1 saturated heterocycles. The van der Waals surface area contributed by atoms with E-state index in [4.69, 9.17) is 19.6 Å². The van der Waals surface area contributed by atoms with E-state index in [1.165, 1.54) is 4.90 Å². The summed E-state index contributed by atoms with van der Waals surface area (Å²) in [6, 6.07) is 10.1. The summed E-state index contributed by atoms with van der Waals surface area (Å²) in [4.78, 5) is 93.1. The van der Waals surface area contributed by atoms with Gasteiger partial charge in [-0.3, -0.25) is 37.9 Å². The van der Waals surface area contributed by atoms with E-state index in [-0.39, 0.29) is 38.1 Å². The van der Waals surface area contributed by atoms with Crippen molar-refractivity contribution < 1.29 is 77.7 Å². The largest absolute Gasteiger partial charge is 0.481 e. The van der Waals surface area contributed by atoms with Crippen LogP contribution in [0.25, 0.3) is 0 Å². The standard InChI is InChI=1S/C37H50N6O17S2/c1-22(2)16-29(42-37(51)58-20-25(60-62(55,56)57)21-59-61(52,53)54)36(50)43-15-9-14-30(43)35(49)41-28(18-24-12-7-4-8-13-24)34(48)40-27(17-23-10-5-3-6-11-23)33(47)39-26(32(38)46)19-31(44)45/h3-8,10-13,22,25-30H,9,14-21H2,1-2H3,(H2,38,46)(H,39,47)(H,40,48)(H,41,49)(H,42,51)(H,44,45)(H,52,53,54)(H,55,56,57)/t25-,26-,27-,28-,29-,30-/m0/s1. The van der Waals surface area contributed by atoms with Gasteiger partial charge in [-0.1, -0.05) is 74.5 Å². The van der Waals surface area contributed by atoms with E-state index in [9.17, 15) is 55.5 Å². The second-order valence-corrected chi connectivity index (χ2v) is 16.7. The zero-order valence-electron chi connectivity index (χ0n) is 33.6. The van der Waals surface area contributed by atoms with Crippen molar-refractivity contribution in [2.75, 3.05) is 19.8 Å². The van der Waals surface area contributed by atoms with E-state index in [2.05, 4.69) is 29.6 Å². The van der Waals surface area contributed by atoms with Gasteiger partial charge in [-0.05, 0) is 36.3 Å². The van der Waals surface area contributed by atoms with Crippen LogP contribution in [0.15, 0.2) is 60.7 Å². The summed E-state index contributed by atoms with van der Waals surface area (Å²) in [6.45, 7) is 1.24. The number of likely N-dealkylation sites (tertiary alicyclic amines) is 1. The number of rotatable bonds is 24. The molecule has 23 nitrogen and oxygen atoms in total. The molecule has 0 aromatic heterocycles. The number of carbonyl (C=O) groups is 7. The molecular weight excluding hydrogens is 865 g/mol. The number of hydrogen-bond acceptors (Lipinski definition) is 14. The van der Waals surface area contributed by atoms with Crippen molar-refractivity contribution in [3.8, 4) is 0 Å². The Morgan fingerprint density at radius 1 is 0.758 bits per heavy atom. The van der Waals surface area contributed by atoms with Crippen molar-refractivity contribution in [2.45, 2.75) is 88.7 Å². The fourth-order valence-corrected chi connectivity index (χ4v) is 7.09. The molecule has 2 aromatic rings. The third-order valence-corrected chi connectivity index (χ3v) is 10.0. The van der Waals surface area contributed by atoms with E-state index in [1.807, 2.05) is 0 Å². The van der Waals surface area contributed by atoms with Crippen LogP contribution in [0.1, 0.15) is 50.7 Å². The molecule has 1 fully saturated rings. The fraction of sp³-hybridized carbons (Fsp3) is 0.486. The zero-order valence-corrected chi connectivity index (χ0v) is 35.2. The second-order valence-electron chi connectivity index (χ2n) is 14.5. The van der Waals surface area contributed by atoms with Crippen molar-refractivity contribution in [2.24, 2.45) is 11.7 Å². The summed E-state index contributed by atoms with van der Waals surface area (Å²) in [5, 5.41) is 19.1. The number of alkyl carbamates (subject to hydrolysis) is 1. The minimum atomic E-state index is -5.23. The minimum absolute atomic E-state index is 0.00255. The molecule has 0 aliphatic carbocycles. The summed E-state index contributed by atoms with van der Waals surface area (Å²) in [5.41, 5.74) is 6.51. The Morgan fingerprint density at radius 2 is 1.29 bits per heavy atom. The number of nitrogens with zero attached hydrogens (tertiary/aromatic N) is 1. The van der Waals surface area contributed by atoms with Gasteiger partial charge in [0, 0.05) is 19.4 Å². The highest BCUT2D eigenvalue weighted by Crippen LogP contribution is 2.21. The first-order chi connectivity index (χ1) is 29.0. The van der Waals surface area contributed by atoms with Crippen LogP contribution in [0.4, 0.5) is 4.79 Å². The molecule has 9 N–H and O–H groups in total. The molecule has 6 amide bonds. The number of amides is 6. The third-order valence-electron chi connectivity index (χ3n) is 9.07. The lowest BCUT2D eigenvalue weighted by molar-refractivity contribution is -0.141. The van der Waals surface area contributed by atoms with Gasteiger partial charge in [0.25, 0.3) is 0 Å². The smallest absolute Gasteiger partial charge is 0.407 e. The predicted octanol–water partition coefficient (Wildman–Crippen LogP) is -0.974. The number of nitrogens with one attached hydrogen (secondary N) is 4. The first-order valence-electron chi connectivity index (χ1n) is 19.0. The van der Waals surface area contributed by atoms with Gasteiger partial charge in [0.15, 0.2) is 0 Å². The van der Waals surface area contributed by atoms with Crippen LogP contribution in [-0.2, 0) is 75.5 Å². The number of carbonyl (C=O) groups excluding carboxylic acids is 6. The van der Waals surface area contributed by atoms with Gasteiger partial charge in [0.05, 0.1) is 13.0 Å². The maximum Gasteiger partial charge on any atom is 0.407 e. The number of benzene rings is 2. The van der Waals surface area contributed by atoms with Gasteiger partial charge in [0.2, 0.25) is 29.5 Å². The highest BCUT2D eigenvalue weighted by Gasteiger charge is 2.40. The number of primary amides is 1. The molecule has 0 unspecified atom stereocenters. The van der Waals surface area contributed by atoms with E-state index >= 15 is 0 Å². The van der Waals surface area contributed by atoms with E-state index in [1.54, 1.807) is 74.5 Å². The Morgan fingerprint density at radius 3 is 1.77 bits per heavy atom. The molecule has 62 heavy (non-hydrogen) atoms. The van der Waals surface area contributed by atoms with Crippen molar-refractivity contribution in [1.29, 1.82) is 0 Å². The fourth-order valence-electron chi connectivity index (χ4n) is 6.31. The van der Waals surface area contributed by atoms with Crippen LogP contribution >= 0.6 is 0 Å². The SMILES string of the molecule is CC(C)C[C@H](NC(=O)OC[C@@H](COS(=O)(=O)O)OS(=O)(=O)O)C(=O)N1CCC[C@H]1C(=O)N[C@@H](Cc1ccccc1)C(=O)N[C@@H](Cc1ccccc1)C(=O)N[C@@H](CC(=O)O)C(N)=O. The molecule has 3 rings (SSSR count). The number of carboxylic acids is 1. The average molecular weight is 915 g/mol. The van der Waals surface area contributed by atoms with Gasteiger partial charge < -0.3 is 41.7 Å². The lowest BCUT2D eigenvalue weighted by atomic mass is 10.0. The van der Waals surface area contributed by atoms with Crippen molar-refractivity contribution >= 4 is 62.4 Å². The molecule has 342 valence electrons. The topological polar surface area (TPSA) is 354 Å². The van der Waals surface area contributed by atoms with Crippen LogP contribution in [0.5, 0.6) is 0 Å². The highest BCUT2D eigenvalue weighted by atomic mass is 32.3. The highest BCUT2D eigenvalue weighted by molar-refractivity contribution is 7.81. The Bertz CT molecular complexity index is 2110. The molecule has 0 saturated carbocycles. The molecule has 2 aromatic carbocycles. The predicted molar refractivity (Wildman–Crippen MR) is 214 cm³/mol. The Hall–Kier alpha value is -5.73. The van der Waals surface area contributed by atoms with Gasteiger partial charge in [-0.2, -0.15) is 16.8 Å². The average Bonchev–Trinajstić information content (AvgIpc) is 3.68. The van der Waals surface area contributed by atoms with Gasteiger partial charge in [-0.25, -0.2) is 13.2 Å². The van der Waals surface area contributed by atoms with Crippen molar-refractivity contribution in [3.63, 3.8) is 0 Å². The van der Waals surface area contributed by atoms with Gasteiger partial charge in [-0.15, -0.1) is 0 Å². The van der Waals surface area contributed by atoms with Crippen LogP contribution in [0.2, 0.25) is 0 Å². The summed E-state index contributed by atoms with van der Waals surface area (Å²) >= 11 is 0. The molecule has 1 aliphatic heterocycles. The molecule has 1 aliphatic rings. The van der Waals surface area contributed by atoms with Crippen LogP contribution in [-0.4, -0.2) is 134 Å². The summed E-state index contributed by atoms with van der Waals surface area (Å²) in [7, 11) is -10.3.